The molecule has 6 nitrogen and oxygen atoms in total. The van der Waals surface area contributed by atoms with Gasteiger partial charge in [0, 0.05) is 28.8 Å². The van der Waals surface area contributed by atoms with Gasteiger partial charge in [-0.05, 0) is 76.3 Å². The highest BCUT2D eigenvalue weighted by Gasteiger charge is 2.31. The maximum absolute atomic E-state index is 13.2. The van der Waals surface area contributed by atoms with Crippen molar-refractivity contribution in [2.45, 2.75) is 70.7 Å². The highest BCUT2D eigenvalue weighted by atomic mass is 79.9. The van der Waals surface area contributed by atoms with Crippen LogP contribution in [-0.4, -0.2) is 29.8 Å². The summed E-state index contributed by atoms with van der Waals surface area (Å²) in [4.78, 5) is 27.2. The molecule has 3 rings (SSSR count). The number of urea groups is 1. The summed E-state index contributed by atoms with van der Waals surface area (Å²) >= 11 is 3.47. The van der Waals surface area contributed by atoms with E-state index in [-0.39, 0.29) is 24.2 Å². The van der Waals surface area contributed by atoms with Gasteiger partial charge in [-0.15, -0.1) is 0 Å². The van der Waals surface area contributed by atoms with E-state index in [4.69, 9.17) is 4.74 Å². The van der Waals surface area contributed by atoms with Gasteiger partial charge in [0.05, 0.1) is 0 Å². The number of hydrogen-bond acceptors (Lipinski definition) is 3. The van der Waals surface area contributed by atoms with Crippen molar-refractivity contribution in [3.63, 3.8) is 0 Å². The minimum atomic E-state index is -0.517. The van der Waals surface area contributed by atoms with Crippen molar-refractivity contribution in [2.24, 2.45) is 0 Å². The number of halogens is 1. The van der Waals surface area contributed by atoms with Crippen LogP contribution in [0.25, 0.3) is 0 Å². The molecule has 0 aliphatic heterocycles. The fraction of sp³-hybridized carbons (Fsp3) is 0.440. The van der Waals surface area contributed by atoms with Crippen molar-refractivity contribution >= 4 is 33.7 Å². The van der Waals surface area contributed by atoms with Crippen molar-refractivity contribution in [1.82, 2.24) is 10.6 Å². The summed E-state index contributed by atoms with van der Waals surface area (Å²) in [5.74, 6) is 0. The van der Waals surface area contributed by atoms with E-state index in [9.17, 15) is 9.59 Å². The normalized spacial score (nSPS) is 18.5. The van der Waals surface area contributed by atoms with E-state index in [0.29, 0.717) is 6.54 Å². The Bertz CT molecular complexity index is 889. The molecule has 2 N–H and O–H groups in total. The van der Waals surface area contributed by atoms with E-state index in [1.165, 1.54) is 0 Å². The van der Waals surface area contributed by atoms with E-state index >= 15 is 0 Å². The predicted octanol–water partition coefficient (Wildman–Crippen LogP) is 6.00. The van der Waals surface area contributed by atoms with Gasteiger partial charge in [-0.3, -0.25) is 4.90 Å². The quantitative estimate of drug-likeness (QED) is 0.527. The molecule has 1 aliphatic rings. The molecule has 1 saturated carbocycles. The molecule has 0 heterocycles. The molecule has 0 radical (unpaired) electrons. The zero-order valence-corrected chi connectivity index (χ0v) is 20.5. The lowest BCUT2D eigenvalue weighted by Gasteiger charge is -2.37. The van der Waals surface area contributed by atoms with Crippen LogP contribution in [0.15, 0.2) is 59.1 Å². The fourth-order valence-corrected chi connectivity index (χ4v) is 4.17. The summed E-state index contributed by atoms with van der Waals surface area (Å²) in [5.41, 5.74) is 1.40. The highest BCUT2D eigenvalue weighted by molar-refractivity contribution is 9.10. The number of anilines is 1. The van der Waals surface area contributed by atoms with Gasteiger partial charge >= 0.3 is 12.1 Å². The minimum absolute atomic E-state index is 0.0558. The van der Waals surface area contributed by atoms with Crippen LogP contribution in [0.1, 0.15) is 52.0 Å². The smallest absolute Gasteiger partial charge is 0.407 e. The van der Waals surface area contributed by atoms with Gasteiger partial charge in [0.1, 0.15) is 5.60 Å². The number of rotatable bonds is 5. The van der Waals surface area contributed by atoms with Crippen molar-refractivity contribution in [3.05, 3.63) is 64.6 Å². The number of benzene rings is 2. The van der Waals surface area contributed by atoms with Crippen LogP contribution in [0, 0.1) is 0 Å². The Morgan fingerprint density at radius 2 is 1.62 bits per heavy atom. The Balaban J connectivity index is 1.64. The topological polar surface area (TPSA) is 70.7 Å². The molecule has 2 aromatic carbocycles. The Hall–Kier alpha value is -2.54. The number of ether oxygens (including phenoxy) is 1. The van der Waals surface area contributed by atoms with Gasteiger partial charge in [-0.1, -0.05) is 46.3 Å². The summed E-state index contributed by atoms with van der Waals surface area (Å²) in [6, 6.07) is 17.7. The average molecular weight is 502 g/mol. The molecule has 0 unspecified atom stereocenters. The van der Waals surface area contributed by atoms with Gasteiger partial charge in [0.2, 0.25) is 0 Å². The third-order valence-electron chi connectivity index (χ3n) is 5.39. The maximum atomic E-state index is 13.2. The standard InChI is InChI=1S/C25H32BrN3O3/c1-25(2,3)32-24(31)28-20-11-15-22(16-12-20)29(21-13-9-19(26)10-14-21)23(30)27-17-18-7-5-4-6-8-18/h4-10,13-14,20,22H,11-12,15-17H2,1-3H3,(H,27,30)(H,28,31). The second-order valence-corrected chi connectivity index (χ2v) is 10.1. The average Bonchev–Trinajstić information content (AvgIpc) is 2.74. The molecular formula is C25H32BrN3O3. The number of alkyl carbamates (subject to hydrolysis) is 1. The molecular weight excluding hydrogens is 470 g/mol. The predicted molar refractivity (Wildman–Crippen MR) is 131 cm³/mol. The number of nitrogens with zero attached hydrogens (tertiary/aromatic N) is 1. The lowest BCUT2D eigenvalue weighted by Crippen LogP contribution is -2.50. The number of amides is 3. The maximum Gasteiger partial charge on any atom is 0.407 e. The lowest BCUT2D eigenvalue weighted by molar-refractivity contribution is 0.0491. The number of hydrogen-bond donors (Lipinski definition) is 2. The Labute approximate surface area is 198 Å². The third-order valence-corrected chi connectivity index (χ3v) is 5.92. The molecule has 3 amide bonds. The first-order valence-corrected chi connectivity index (χ1v) is 11.9. The molecule has 0 atom stereocenters. The van der Waals surface area contributed by atoms with Crippen molar-refractivity contribution in [1.29, 1.82) is 0 Å². The van der Waals surface area contributed by atoms with Crippen LogP contribution in [0.2, 0.25) is 0 Å². The molecule has 1 fully saturated rings. The first-order chi connectivity index (χ1) is 15.2. The molecule has 1 aliphatic carbocycles. The van der Waals surface area contributed by atoms with E-state index in [0.717, 1.165) is 41.4 Å². The molecule has 32 heavy (non-hydrogen) atoms. The summed E-state index contributed by atoms with van der Waals surface area (Å²) in [7, 11) is 0. The SMILES string of the molecule is CC(C)(C)OC(=O)NC1CCC(N(C(=O)NCc2ccccc2)c2ccc(Br)cc2)CC1. The van der Waals surface area contributed by atoms with Gasteiger partial charge in [-0.25, -0.2) is 9.59 Å². The molecule has 0 saturated heterocycles. The van der Waals surface area contributed by atoms with Crippen molar-refractivity contribution in [3.8, 4) is 0 Å². The number of carbonyl (C=O) groups excluding carboxylic acids is 2. The second kappa shape index (κ2) is 10.9. The first-order valence-electron chi connectivity index (χ1n) is 11.1. The summed E-state index contributed by atoms with van der Waals surface area (Å²) in [6.45, 7) is 6.04. The Kier molecular flexibility index (Phi) is 8.18. The largest absolute Gasteiger partial charge is 0.444 e. The molecule has 0 bridgehead atoms. The summed E-state index contributed by atoms with van der Waals surface area (Å²) < 4.78 is 6.35. The van der Waals surface area contributed by atoms with Gasteiger partial charge < -0.3 is 15.4 Å². The molecule has 0 spiro atoms. The zero-order chi connectivity index (χ0) is 23.1. The van der Waals surface area contributed by atoms with E-state index in [1.807, 2.05) is 80.3 Å². The molecule has 0 aromatic heterocycles. The van der Waals surface area contributed by atoms with Crippen molar-refractivity contribution < 1.29 is 14.3 Å². The minimum Gasteiger partial charge on any atom is -0.444 e. The highest BCUT2D eigenvalue weighted by Crippen LogP contribution is 2.29. The van der Waals surface area contributed by atoms with E-state index in [1.54, 1.807) is 0 Å². The van der Waals surface area contributed by atoms with Crippen LogP contribution in [0.5, 0.6) is 0 Å². The first kappa shape index (κ1) is 24.1. The van der Waals surface area contributed by atoms with Gasteiger partial charge in [-0.2, -0.15) is 0 Å². The van der Waals surface area contributed by atoms with Crippen LogP contribution in [-0.2, 0) is 11.3 Å². The van der Waals surface area contributed by atoms with Gasteiger partial charge in [0.25, 0.3) is 0 Å². The zero-order valence-electron chi connectivity index (χ0n) is 18.9. The third kappa shape index (κ3) is 7.26. The molecule has 172 valence electrons. The molecule has 2 aromatic rings. The fourth-order valence-electron chi connectivity index (χ4n) is 3.91. The van der Waals surface area contributed by atoms with Crippen molar-refractivity contribution in [2.75, 3.05) is 4.90 Å². The summed E-state index contributed by atoms with van der Waals surface area (Å²) in [6.07, 6.45) is 2.81. The Morgan fingerprint density at radius 1 is 1.00 bits per heavy atom. The van der Waals surface area contributed by atoms with E-state index < -0.39 is 5.60 Å². The lowest BCUT2D eigenvalue weighted by atomic mass is 9.90. The Morgan fingerprint density at radius 3 is 2.22 bits per heavy atom. The van der Waals surface area contributed by atoms with Crippen LogP contribution >= 0.6 is 15.9 Å². The van der Waals surface area contributed by atoms with E-state index in [2.05, 4.69) is 26.6 Å². The number of carbonyl (C=O) groups is 2. The van der Waals surface area contributed by atoms with Crippen LogP contribution in [0.3, 0.4) is 0 Å². The van der Waals surface area contributed by atoms with Gasteiger partial charge in [0.15, 0.2) is 0 Å². The molecule has 7 heteroatoms. The summed E-state index contributed by atoms with van der Waals surface area (Å²) in [5, 5.41) is 6.04. The van der Waals surface area contributed by atoms with Crippen LogP contribution in [0.4, 0.5) is 15.3 Å². The number of nitrogens with one attached hydrogen (secondary N) is 2. The monoisotopic (exact) mass is 501 g/mol. The second-order valence-electron chi connectivity index (χ2n) is 9.14. The van der Waals surface area contributed by atoms with Crippen LogP contribution < -0.4 is 15.5 Å².